The fourth-order valence-corrected chi connectivity index (χ4v) is 1.03. The zero-order valence-corrected chi connectivity index (χ0v) is 8.44. The SMILES string of the molecule is CONC(=O)c1ccc(C(=O)OC)cc1. The maximum Gasteiger partial charge on any atom is 0.337 e. The van der Waals surface area contributed by atoms with E-state index in [0.717, 1.165) is 0 Å². The van der Waals surface area contributed by atoms with Gasteiger partial charge in [-0.1, -0.05) is 0 Å². The van der Waals surface area contributed by atoms with Crippen LogP contribution in [0.1, 0.15) is 20.7 Å². The van der Waals surface area contributed by atoms with Gasteiger partial charge in [0.05, 0.1) is 19.8 Å². The van der Waals surface area contributed by atoms with Crippen molar-refractivity contribution < 1.29 is 19.2 Å². The minimum absolute atomic E-state index is 0.367. The Labute approximate surface area is 86.9 Å². The van der Waals surface area contributed by atoms with Crippen molar-refractivity contribution in [1.29, 1.82) is 0 Å². The second kappa shape index (κ2) is 5.11. The van der Waals surface area contributed by atoms with E-state index in [1.165, 1.54) is 38.5 Å². The molecule has 0 aromatic heterocycles. The average Bonchev–Trinajstić information content (AvgIpc) is 2.28. The summed E-state index contributed by atoms with van der Waals surface area (Å²) in [7, 11) is 2.65. The molecule has 0 fully saturated rings. The highest BCUT2D eigenvalue weighted by atomic mass is 16.6. The van der Waals surface area contributed by atoms with Crippen LogP contribution in [0.3, 0.4) is 0 Å². The molecule has 0 aliphatic carbocycles. The lowest BCUT2D eigenvalue weighted by Gasteiger charge is -2.02. The zero-order valence-electron chi connectivity index (χ0n) is 8.44. The number of benzene rings is 1. The van der Waals surface area contributed by atoms with E-state index in [4.69, 9.17) is 0 Å². The maximum absolute atomic E-state index is 11.2. The first kappa shape index (κ1) is 11.2. The Morgan fingerprint density at radius 3 is 2.07 bits per heavy atom. The molecule has 5 nitrogen and oxygen atoms in total. The van der Waals surface area contributed by atoms with E-state index in [2.05, 4.69) is 15.1 Å². The predicted octanol–water partition coefficient (Wildman–Crippen LogP) is 0.764. The first-order valence-corrected chi connectivity index (χ1v) is 4.20. The Balaban J connectivity index is 2.80. The zero-order chi connectivity index (χ0) is 11.3. The molecule has 80 valence electrons. The average molecular weight is 209 g/mol. The number of ether oxygens (including phenoxy) is 1. The minimum Gasteiger partial charge on any atom is -0.465 e. The number of hydrogen-bond acceptors (Lipinski definition) is 4. The van der Waals surface area contributed by atoms with E-state index in [0.29, 0.717) is 11.1 Å². The van der Waals surface area contributed by atoms with Gasteiger partial charge in [-0.25, -0.2) is 10.3 Å². The molecule has 0 saturated carbocycles. The fourth-order valence-electron chi connectivity index (χ4n) is 1.03. The Hall–Kier alpha value is -1.88. The van der Waals surface area contributed by atoms with E-state index in [1.807, 2.05) is 0 Å². The van der Waals surface area contributed by atoms with Gasteiger partial charge in [0.25, 0.3) is 5.91 Å². The monoisotopic (exact) mass is 209 g/mol. The number of nitrogens with one attached hydrogen (secondary N) is 1. The topological polar surface area (TPSA) is 64.6 Å². The smallest absolute Gasteiger partial charge is 0.337 e. The van der Waals surface area contributed by atoms with Crippen LogP contribution in [0, 0.1) is 0 Å². The Morgan fingerprint density at radius 2 is 1.60 bits per heavy atom. The van der Waals surface area contributed by atoms with E-state index in [1.54, 1.807) is 0 Å². The molecule has 0 radical (unpaired) electrons. The minimum atomic E-state index is -0.436. The van der Waals surface area contributed by atoms with Gasteiger partial charge in [0.15, 0.2) is 0 Å². The summed E-state index contributed by atoms with van der Waals surface area (Å²) in [5.74, 6) is -0.803. The number of amides is 1. The molecule has 0 atom stereocenters. The van der Waals surface area contributed by atoms with Crippen molar-refractivity contribution >= 4 is 11.9 Å². The second-order valence-electron chi connectivity index (χ2n) is 2.70. The van der Waals surface area contributed by atoms with Crippen LogP contribution in [0.4, 0.5) is 0 Å². The molecule has 0 unspecified atom stereocenters. The molecule has 15 heavy (non-hydrogen) atoms. The van der Waals surface area contributed by atoms with Crippen LogP contribution in [0.5, 0.6) is 0 Å². The predicted molar refractivity (Wildman–Crippen MR) is 52.3 cm³/mol. The van der Waals surface area contributed by atoms with E-state index < -0.39 is 5.97 Å². The molecule has 0 spiro atoms. The Bertz CT molecular complexity index is 358. The van der Waals surface area contributed by atoms with Crippen LogP contribution in [0.15, 0.2) is 24.3 Å². The largest absolute Gasteiger partial charge is 0.465 e. The van der Waals surface area contributed by atoms with Crippen molar-refractivity contribution in [2.75, 3.05) is 14.2 Å². The molecular formula is C10H11NO4. The summed E-state index contributed by atoms with van der Waals surface area (Å²) in [5, 5.41) is 0. The van der Waals surface area contributed by atoms with Crippen LogP contribution in [-0.4, -0.2) is 26.1 Å². The van der Waals surface area contributed by atoms with Crippen LogP contribution in [-0.2, 0) is 9.57 Å². The highest BCUT2D eigenvalue weighted by molar-refractivity contribution is 5.95. The van der Waals surface area contributed by atoms with Gasteiger partial charge >= 0.3 is 5.97 Å². The van der Waals surface area contributed by atoms with E-state index in [-0.39, 0.29) is 5.91 Å². The van der Waals surface area contributed by atoms with Crippen LogP contribution < -0.4 is 5.48 Å². The Kier molecular flexibility index (Phi) is 3.82. The first-order valence-electron chi connectivity index (χ1n) is 4.20. The number of esters is 1. The van der Waals surface area contributed by atoms with Gasteiger partial charge in [0, 0.05) is 5.56 Å². The molecule has 0 heterocycles. The molecule has 1 aromatic carbocycles. The van der Waals surface area contributed by atoms with Gasteiger partial charge in [-0.2, -0.15) is 0 Å². The molecule has 0 saturated heterocycles. The van der Waals surface area contributed by atoms with Crippen molar-refractivity contribution in [1.82, 2.24) is 5.48 Å². The number of hydrogen-bond donors (Lipinski definition) is 1. The lowest BCUT2D eigenvalue weighted by atomic mass is 10.1. The van der Waals surface area contributed by atoms with E-state index in [9.17, 15) is 9.59 Å². The van der Waals surface area contributed by atoms with Gasteiger partial charge in [-0.3, -0.25) is 9.63 Å². The summed E-state index contributed by atoms with van der Waals surface area (Å²) >= 11 is 0. The number of carbonyl (C=O) groups is 2. The number of methoxy groups -OCH3 is 1. The molecule has 0 bridgehead atoms. The summed E-state index contributed by atoms with van der Waals surface area (Å²) in [6.07, 6.45) is 0. The van der Waals surface area contributed by atoms with Crippen molar-refractivity contribution in [3.63, 3.8) is 0 Å². The lowest BCUT2D eigenvalue weighted by Crippen LogP contribution is -2.21. The molecule has 1 N–H and O–H groups in total. The number of hydroxylamine groups is 1. The van der Waals surface area contributed by atoms with Gasteiger partial charge in [0.2, 0.25) is 0 Å². The molecule has 0 aliphatic heterocycles. The maximum atomic E-state index is 11.2. The van der Waals surface area contributed by atoms with Crippen molar-refractivity contribution in [3.05, 3.63) is 35.4 Å². The third-order valence-electron chi connectivity index (χ3n) is 1.76. The second-order valence-corrected chi connectivity index (χ2v) is 2.70. The first-order chi connectivity index (χ1) is 7.19. The quantitative estimate of drug-likeness (QED) is 0.589. The third-order valence-corrected chi connectivity index (χ3v) is 1.76. The number of rotatable bonds is 3. The van der Waals surface area contributed by atoms with Crippen molar-refractivity contribution in [3.8, 4) is 0 Å². The van der Waals surface area contributed by atoms with Gasteiger partial charge in [-0.05, 0) is 24.3 Å². The normalized spacial score (nSPS) is 9.47. The van der Waals surface area contributed by atoms with Crippen LogP contribution in [0.25, 0.3) is 0 Å². The fraction of sp³-hybridized carbons (Fsp3) is 0.200. The summed E-state index contributed by atoms with van der Waals surface area (Å²) in [4.78, 5) is 26.8. The van der Waals surface area contributed by atoms with Crippen LogP contribution >= 0.6 is 0 Å². The highest BCUT2D eigenvalue weighted by Crippen LogP contribution is 2.05. The van der Waals surface area contributed by atoms with Crippen molar-refractivity contribution in [2.45, 2.75) is 0 Å². The number of carbonyl (C=O) groups excluding carboxylic acids is 2. The Morgan fingerprint density at radius 1 is 1.07 bits per heavy atom. The summed E-state index contributed by atoms with van der Waals surface area (Å²) in [6, 6.07) is 6.05. The van der Waals surface area contributed by atoms with Gasteiger partial charge in [0.1, 0.15) is 0 Å². The molecule has 5 heteroatoms. The van der Waals surface area contributed by atoms with Gasteiger partial charge in [-0.15, -0.1) is 0 Å². The molecule has 1 amide bonds. The highest BCUT2D eigenvalue weighted by Gasteiger charge is 2.07. The molecule has 0 aliphatic rings. The van der Waals surface area contributed by atoms with E-state index >= 15 is 0 Å². The summed E-state index contributed by atoms with van der Waals surface area (Å²) < 4.78 is 4.52. The van der Waals surface area contributed by atoms with Crippen molar-refractivity contribution in [2.24, 2.45) is 0 Å². The van der Waals surface area contributed by atoms with Gasteiger partial charge < -0.3 is 4.74 Å². The molecular weight excluding hydrogens is 198 g/mol. The third kappa shape index (κ3) is 2.78. The summed E-state index contributed by atoms with van der Waals surface area (Å²) in [5.41, 5.74) is 2.97. The summed E-state index contributed by atoms with van der Waals surface area (Å²) in [6.45, 7) is 0. The molecule has 1 rings (SSSR count). The standard InChI is InChI=1S/C10H11NO4/c1-14-10(13)8-5-3-7(4-6-8)9(12)11-15-2/h3-6H,1-2H3,(H,11,12). The lowest BCUT2D eigenvalue weighted by molar-refractivity contribution is 0.0536. The van der Waals surface area contributed by atoms with Crippen LogP contribution in [0.2, 0.25) is 0 Å². The molecule has 1 aromatic rings.